The van der Waals surface area contributed by atoms with Gasteiger partial charge in [-0.2, -0.15) is 0 Å². The molecule has 9 heteroatoms. The molecule has 0 saturated carbocycles. The number of carbonyl (C=O) groups excluding carboxylic acids is 2. The fraction of sp³-hybridized carbons (Fsp3) is 0.552. The van der Waals surface area contributed by atoms with Crippen molar-refractivity contribution in [1.82, 2.24) is 15.2 Å². The number of rotatable bonds is 6. The van der Waals surface area contributed by atoms with E-state index in [1.165, 1.54) is 18.3 Å². The summed E-state index contributed by atoms with van der Waals surface area (Å²) in [6.45, 7) is 11.8. The van der Waals surface area contributed by atoms with Gasteiger partial charge in [0.2, 0.25) is 0 Å². The number of ether oxygens (including phenoxy) is 1. The molecule has 1 aromatic heterocycles. The first-order valence-corrected chi connectivity index (χ1v) is 13.4. The van der Waals surface area contributed by atoms with Crippen LogP contribution in [-0.4, -0.2) is 59.2 Å². The number of nitrogens with one attached hydrogen (secondary N) is 1. The zero-order valence-corrected chi connectivity index (χ0v) is 22.9. The van der Waals surface area contributed by atoms with Crippen LogP contribution in [0.3, 0.4) is 0 Å². The van der Waals surface area contributed by atoms with E-state index in [4.69, 9.17) is 4.74 Å². The van der Waals surface area contributed by atoms with E-state index in [2.05, 4.69) is 29.0 Å². The van der Waals surface area contributed by atoms with E-state index in [1.54, 1.807) is 6.20 Å². The Morgan fingerprint density at radius 3 is 2.50 bits per heavy atom. The first kappa shape index (κ1) is 27.8. The lowest BCUT2D eigenvalue weighted by Crippen LogP contribution is -2.50. The van der Waals surface area contributed by atoms with Gasteiger partial charge in [0.1, 0.15) is 17.2 Å². The van der Waals surface area contributed by atoms with Crippen molar-refractivity contribution in [3.63, 3.8) is 0 Å². The van der Waals surface area contributed by atoms with E-state index in [-0.39, 0.29) is 12.0 Å². The van der Waals surface area contributed by atoms with Crippen molar-refractivity contribution < 1.29 is 23.1 Å². The zero-order chi connectivity index (χ0) is 27.7. The highest BCUT2D eigenvalue weighted by atomic mass is 19.1. The molecule has 2 atom stereocenters. The van der Waals surface area contributed by atoms with Gasteiger partial charge >= 0.3 is 6.09 Å². The number of halogens is 2. The van der Waals surface area contributed by atoms with Crippen LogP contribution < -0.4 is 10.2 Å². The number of aromatic nitrogens is 1. The standard InChI is InChI=1S/C29H38F2N4O3/c1-6-19(2)15-33-26(36)24-17-32-16-23(20-12-21(30)14-22(31)13-20)25(24)34-11-9-29(18-34)8-7-10-35(29)27(37)38-28(3,4)5/h12-14,16-17,19H,6-11,15,18H2,1-5H3,(H,33,36). The van der Waals surface area contributed by atoms with Gasteiger partial charge in [-0.1, -0.05) is 20.3 Å². The summed E-state index contributed by atoms with van der Waals surface area (Å²) in [6, 6.07) is 3.32. The number of hydrogen-bond donors (Lipinski definition) is 1. The molecule has 0 aliphatic carbocycles. The first-order valence-electron chi connectivity index (χ1n) is 13.4. The lowest BCUT2D eigenvalue weighted by molar-refractivity contribution is 0.0111. The van der Waals surface area contributed by atoms with Crippen LogP contribution in [0.5, 0.6) is 0 Å². The normalized spacial score (nSPS) is 20.2. The first-order chi connectivity index (χ1) is 17.9. The number of anilines is 1. The van der Waals surface area contributed by atoms with Gasteiger partial charge in [-0.3, -0.25) is 9.78 Å². The summed E-state index contributed by atoms with van der Waals surface area (Å²) in [7, 11) is 0. The lowest BCUT2D eigenvalue weighted by atomic mass is 9.95. The third kappa shape index (κ3) is 5.92. The van der Waals surface area contributed by atoms with Gasteiger partial charge < -0.3 is 19.9 Å². The molecule has 2 unspecified atom stereocenters. The van der Waals surface area contributed by atoms with Crippen LogP contribution >= 0.6 is 0 Å². The molecule has 0 radical (unpaired) electrons. The Kier molecular flexibility index (Phi) is 7.95. The summed E-state index contributed by atoms with van der Waals surface area (Å²) in [5.41, 5.74) is 0.630. The molecule has 2 fully saturated rings. The second kappa shape index (κ2) is 10.9. The molecule has 1 aromatic carbocycles. The van der Waals surface area contributed by atoms with Crippen molar-refractivity contribution in [2.24, 2.45) is 5.92 Å². The van der Waals surface area contributed by atoms with Gasteiger partial charge in [0.15, 0.2) is 0 Å². The summed E-state index contributed by atoms with van der Waals surface area (Å²) in [4.78, 5) is 34.7. The van der Waals surface area contributed by atoms with Gasteiger partial charge in [-0.05, 0) is 63.6 Å². The largest absolute Gasteiger partial charge is 0.444 e. The van der Waals surface area contributed by atoms with Crippen LogP contribution in [-0.2, 0) is 4.74 Å². The van der Waals surface area contributed by atoms with Crippen molar-refractivity contribution in [2.45, 2.75) is 71.4 Å². The maximum atomic E-state index is 14.2. The molecule has 0 bridgehead atoms. The molecule has 2 amide bonds. The van der Waals surface area contributed by atoms with E-state index < -0.39 is 22.8 Å². The summed E-state index contributed by atoms with van der Waals surface area (Å²) in [5, 5.41) is 2.99. The molecule has 1 N–H and O–H groups in total. The minimum atomic E-state index is -0.706. The third-order valence-electron chi connectivity index (χ3n) is 7.50. The summed E-state index contributed by atoms with van der Waals surface area (Å²) < 4.78 is 34.2. The zero-order valence-electron chi connectivity index (χ0n) is 22.9. The average Bonchev–Trinajstić information content (AvgIpc) is 3.46. The van der Waals surface area contributed by atoms with Crippen molar-refractivity contribution in [3.8, 4) is 11.1 Å². The monoisotopic (exact) mass is 528 g/mol. The minimum absolute atomic E-state index is 0.289. The second-order valence-electron chi connectivity index (χ2n) is 11.6. The number of nitrogens with zero attached hydrogens (tertiary/aromatic N) is 3. The molecule has 38 heavy (non-hydrogen) atoms. The number of pyridine rings is 1. The van der Waals surface area contributed by atoms with E-state index in [1.807, 2.05) is 25.7 Å². The Bertz CT molecular complexity index is 1180. The molecular weight excluding hydrogens is 490 g/mol. The summed E-state index contributed by atoms with van der Waals surface area (Å²) in [6.07, 6.45) is 5.99. The number of likely N-dealkylation sites (tertiary alicyclic amines) is 1. The molecule has 2 aliphatic rings. The van der Waals surface area contributed by atoms with Crippen molar-refractivity contribution in [3.05, 3.63) is 47.8 Å². The molecule has 206 valence electrons. The van der Waals surface area contributed by atoms with Gasteiger partial charge in [0.05, 0.1) is 16.8 Å². The van der Waals surface area contributed by atoms with E-state index in [0.717, 1.165) is 25.3 Å². The quantitative estimate of drug-likeness (QED) is 0.514. The Balaban J connectivity index is 1.73. The lowest BCUT2D eigenvalue weighted by Gasteiger charge is -2.36. The van der Waals surface area contributed by atoms with E-state index >= 15 is 0 Å². The van der Waals surface area contributed by atoms with Crippen LogP contribution in [0.15, 0.2) is 30.6 Å². The van der Waals surface area contributed by atoms with Crippen molar-refractivity contribution >= 4 is 17.7 Å². The summed E-state index contributed by atoms with van der Waals surface area (Å²) >= 11 is 0. The molecule has 2 aromatic rings. The van der Waals surface area contributed by atoms with Gasteiger partial charge in [-0.25, -0.2) is 13.6 Å². The van der Waals surface area contributed by atoms with Gasteiger partial charge in [0, 0.05) is 50.2 Å². The van der Waals surface area contributed by atoms with E-state index in [9.17, 15) is 18.4 Å². The molecule has 7 nitrogen and oxygen atoms in total. The average molecular weight is 529 g/mol. The highest BCUT2D eigenvalue weighted by molar-refractivity contribution is 6.03. The van der Waals surface area contributed by atoms with Crippen LogP contribution in [0, 0.1) is 17.6 Å². The molecule has 3 heterocycles. The van der Waals surface area contributed by atoms with Gasteiger partial charge in [-0.15, -0.1) is 0 Å². The topological polar surface area (TPSA) is 74.8 Å². The third-order valence-corrected chi connectivity index (χ3v) is 7.50. The van der Waals surface area contributed by atoms with E-state index in [0.29, 0.717) is 60.9 Å². The minimum Gasteiger partial charge on any atom is -0.444 e. The fourth-order valence-electron chi connectivity index (χ4n) is 5.40. The SMILES string of the molecule is CCC(C)CNC(=O)c1cncc(-c2cc(F)cc(F)c2)c1N1CCC2(CCCN2C(=O)OC(C)(C)C)C1. The maximum absolute atomic E-state index is 14.2. The highest BCUT2D eigenvalue weighted by Crippen LogP contribution is 2.43. The molecular formula is C29H38F2N4O3. The maximum Gasteiger partial charge on any atom is 0.410 e. The van der Waals surface area contributed by atoms with Crippen LogP contribution in [0.1, 0.15) is 70.7 Å². The Morgan fingerprint density at radius 2 is 1.84 bits per heavy atom. The molecule has 1 spiro atoms. The van der Waals surface area contributed by atoms with Crippen LogP contribution in [0.25, 0.3) is 11.1 Å². The molecule has 2 aliphatic heterocycles. The van der Waals surface area contributed by atoms with Crippen LogP contribution in [0.2, 0.25) is 0 Å². The Hall–Kier alpha value is -3.23. The predicted molar refractivity (Wildman–Crippen MR) is 143 cm³/mol. The Labute approximate surface area is 223 Å². The fourth-order valence-corrected chi connectivity index (χ4v) is 5.40. The number of carbonyl (C=O) groups is 2. The molecule has 2 saturated heterocycles. The predicted octanol–water partition coefficient (Wildman–Crippen LogP) is 5.78. The number of hydrogen-bond acceptors (Lipinski definition) is 5. The van der Waals surface area contributed by atoms with Crippen LogP contribution in [0.4, 0.5) is 19.3 Å². The van der Waals surface area contributed by atoms with Crippen molar-refractivity contribution in [1.29, 1.82) is 0 Å². The summed E-state index contributed by atoms with van der Waals surface area (Å²) in [5.74, 6) is -1.40. The number of amides is 2. The number of benzene rings is 1. The van der Waals surface area contributed by atoms with Gasteiger partial charge in [0.25, 0.3) is 5.91 Å². The highest BCUT2D eigenvalue weighted by Gasteiger charge is 2.50. The van der Waals surface area contributed by atoms with Crippen molar-refractivity contribution in [2.75, 3.05) is 31.1 Å². The second-order valence-corrected chi connectivity index (χ2v) is 11.6. The smallest absolute Gasteiger partial charge is 0.410 e. The Morgan fingerprint density at radius 1 is 1.13 bits per heavy atom. The molecule has 4 rings (SSSR count).